The van der Waals surface area contributed by atoms with Gasteiger partial charge < -0.3 is 20.5 Å². The van der Waals surface area contributed by atoms with Crippen LogP contribution in [0, 0.1) is 5.82 Å². The molecule has 9 nitrogen and oxygen atoms in total. The van der Waals surface area contributed by atoms with Crippen molar-refractivity contribution in [3.8, 4) is 11.5 Å². The Kier molecular flexibility index (Phi) is 9.12. The van der Waals surface area contributed by atoms with E-state index in [1.54, 1.807) is 24.3 Å². The highest BCUT2D eigenvalue weighted by Crippen LogP contribution is 2.37. The van der Waals surface area contributed by atoms with E-state index in [4.69, 9.17) is 15.2 Å². The highest BCUT2D eigenvalue weighted by Gasteiger charge is 2.14. The summed E-state index contributed by atoms with van der Waals surface area (Å²) in [6.07, 6.45) is 1.34. The molecule has 0 heterocycles. The maximum absolute atomic E-state index is 13.1. The Bertz CT molecular complexity index is 1280. The van der Waals surface area contributed by atoms with E-state index in [9.17, 15) is 18.8 Å². The third-order valence-corrected chi connectivity index (χ3v) is 5.23. The number of anilines is 1. The molecule has 0 aromatic heterocycles. The van der Waals surface area contributed by atoms with Gasteiger partial charge in [-0.25, -0.2) is 9.82 Å². The zero-order chi connectivity index (χ0) is 26.1. The second kappa shape index (κ2) is 12.5. The minimum Gasteiger partial charge on any atom is -0.490 e. The van der Waals surface area contributed by atoms with Gasteiger partial charge in [-0.05, 0) is 82.5 Å². The first-order valence-corrected chi connectivity index (χ1v) is 11.4. The molecule has 0 atom stereocenters. The number of hydrogen-bond acceptors (Lipinski definition) is 6. The van der Waals surface area contributed by atoms with Crippen LogP contribution in [0.2, 0.25) is 0 Å². The van der Waals surface area contributed by atoms with Crippen LogP contribution in [-0.4, -0.2) is 30.5 Å². The molecule has 0 saturated heterocycles. The highest BCUT2D eigenvalue weighted by molar-refractivity contribution is 9.10. The zero-order valence-electron chi connectivity index (χ0n) is 19.1. The van der Waals surface area contributed by atoms with Gasteiger partial charge in [0.2, 0.25) is 5.91 Å². The first-order valence-electron chi connectivity index (χ1n) is 10.6. The van der Waals surface area contributed by atoms with Crippen LogP contribution in [0.25, 0.3) is 0 Å². The number of hydrazone groups is 1. The lowest BCUT2D eigenvalue weighted by molar-refractivity contribution is -0.136. The monoisotopic (exact) mass is 556 g/mol. The van der Waals surface area contributed by atoms with Crippen LogP contribution < -0.4 is 25.9 Å². The van der Waals surface area contributed by atoms with Gasteiger partial charge in [-0.3, -0.25) is 14.4 Å². The number of carbonyl (C=O) groups is 3. The van der Waals surface area contributed by atoms with E-state index in [1.165, 1.54) is 42.6 Å². The molecule has 0 aliphatic carbocycles. The summed E-state index contributed by atoms with van der Waals surface area (Å²) in [6.45, 7) is 2.39. The third-order valence-electron chi connectivity index (χ3n) is 4.64. The summed E-state index contributed by atoms with van der Waals surface area (Å²) < 4.78 is 25.2. The number of nitrogens with zero attached hydrogens (tertiary/aromatic N) is 1. The molecule has 0 aliphatic heterocycles. The molecule has 0 fully saturated rings. The number of amides is 3. The summed E-state index contributed by atoms with van der Waals surface area (Å²) in [5.74, 6) is -2.00. The summed E-state index contributed by atoms with van der Waals surface area (Å²) in [5, 5.41) is 6.20. The number of halogens is 2. The van der Waals surface area contributed by atoms with Crippen LogP contribution in [0.1, 0.15) is 28.4 Å². The van der Waals surface area contributed by atoms with Gasteiger partial charge in [-0.1, -0.05) is 12.1 Å². The number of benzene rings is 3. The van der Waals surface area contributed by atoms with Crippen LogP contribution in [0.3, 0.4) is 0 Å². The van der Waals surface area contributed by atoms with Crippen molar-refractivity contribution in [1.82, 2.24) is 5.43 Å². The average molecular weight is 557 g/mol. The summed E-state index contributed by atoms with van der Waals surface area (Å²) in [4.78, 5) is 35.2. The predicted octanol–water partition coefficient (Wildman–Crippen LogP) is 3.75. The molecule has 11 heteroatoms. The van der Waals surface area contributed by atoms with Crippen LogP contribution in [0.15, 0.2) is 70.2 Å². The quantitative estimate of drug-likeness (QED) is 0.210. The van der Waals surface area contributed by atoms with E-state index in [2.05, 4.69) is 31.8 Å². The van der Waals surface area contributed by atoms with Gasteiger partial charge in [0, 0.05) is 11.3 Å². The smallest absolute Gasteiger partial charge is 0.329 e. The van der Waals surface area contributed by atoms with E-state index in [0.29, 0.717) is 33.8 Å². The number of primary amides is 1. The number of nitrogens with one attached hydrogen (secondary N) is 2. The molecule has 3 aromatic carbocycles. The number of rotatable bonds is 9. The fourth-order valence-corrected chi connectivity index (χ4v) is 3.50. The molecule has 36 heavy (non-hydrogen) atoms. The van der Waals surface area contributed by atoms with Crippen LogP contribution in [0.4, 0.5) is 10.1 Å². The molecule has 4 N–H and O–H groups in total. The number of nitrogens with two attached hydrogens (primary N) is 1. The molecule has 3 amide bonds. The first-order chi connectivity index (χ1) is 17.3. The van der Waals surface area contributed by atoms with Crippen molar-refractivity contribution < 1.29 is 28.2 Å². The van der Waals surface area contributed by atoms with Crippen molar-refractivity contribution in [3.05, 3.63) is 87.6 Å². The Labute approximate surface area is 214 Å². The SMILES string of the molecule is CCOc1cc(/C=N/NC(=O)C(=O)Nc2ccc(C(N)=O)cc2)cc(Br)c1OCc1ccc(F)cc1. The molecule has 3 rings (SSSR count). The van der Waals surface area contributed by atoms with Crippen molar-refractivity contribution >= 4 is 45.6 Å². The van der Waals surface area contributed by atoms with Gasteiger partial charge in [0.1, 0.15) is 12.4 Å². The number of hydrogen-bond donors (Lipinski definition) is 3. The molecule has 0 radical (unpaired) electrons. The van der Waals surface area contributed by atoms with Gasteiger partial charge in [0.05, 0.1) is 17.3 Å². The molecular formula is C25H22BrFN4O5. The first kappa shape index (κ1) is 26.4. The van der Waals surface area contributed by atoms with Gasteiger partial charge >= 0.3 is 11.8 Å². The normalized spacial score (nSPS) is 10.6. The fourth-order valence-electron chi connectivity index (χ4n) is 2.92. The van der Waals surface area contributed by atoms with E-state index in [-0.39, 0.29) is 18.0 Å². The van der Waals surface area contributed by atoms with Crippen LogP contribution in [-0.2, 0) is 16.2 Å². The molecular weight excluding hydrogens is 535 g/mol. The number of carbonyl (C=O) groups excluding carboxylic acids is 3. The van der Waals surface area contributed by atoms with Crippen molar-refractivity contribution in [2.75, 3.05) is 11.9 Å². The van der Waals surface area contributed by atoms with Crippen LogP contribution >= 0.6 is 15.9 Å². The molecule has 3 aromatic rings. The maximum Gasteiger partial charge on any atom is 0.329 e. The fraction of sp³-hybridized carbons (Fsp3) is 0.120. The van der Waals surface area contributed by atoms with Crippen molar-refractivity contribution in [3.63, 3.8) is 0 Å². The molecule has 0 spiro atoms. The minimum absolute atomic E-state index is 0.197. The average Bonchev–Trinajstić information content (AvgIpc) is 2.85. The van der Waals surface area contributed by atoms with E-state index >= 15 is 0 Å². The molecule has 186 valence electrons. The number of ether oxygens (including phenoxy) is 2. The summed E-state index contributed by atoms with van der Waals surface area (Å²) in [5.41, 5.74) is 9.23. The molecule has 0 aliphatic rings. The van der Waals surface area contributed by atoms with Crippen molar-refractivity contribution in [2.45, 2.75) is 13.5 Å². The van der Waals surface area contributed by atoms with Crippen LogP contribution in [0.5, 0.6) is 11.5 Å². The molecule has 0 bridgehead atoms. The van der Waals surface area contributed by atoms with Crippen molar-refractivity contribution in [2.24, 2.45) is 10.8 Å². The van der Waals surface area contributed by atoms with E-state index < -0.39 is 17.7 Å². The Morgan fingerprint density at radius 2 is 1.72 bits per heavy atom. The Morgan fingerprint density at radius 3 is 2.36 bits per heavy atom. The van der Waals surface area contributed by atoms with Gasteiger partial charge in [0.15, 0.2) is 11.5 Å². The Morgan fingerprint density at radius 1 is 1.03 bits per heavy atom. The molecule has 0 saturated carbocycles. The van der Waals surface area contributed by atoms with E-state index in [0.717, 1.165) is 5.56 Å². The zero-order valence-corrected chi connectivity index (χ0v) is 20.7. The largest absolute Gasteiger partial charge is 0.490 e. The predicted molar refractivity (Wildman–Crippen MR) is 135 cm³/mol. The highest BCUT2D eigenvalue weighted by atomic mass is 79.9. The Balaban J connectivity index is 1.62. The third kappa shape index (κ3) is 7.37. The second-order valence-corrected chi connectivity index (χ2v) is 8.13. The van der Waals surface area contributed by atoms with E-state index in [1.807, 2.05) is 6.92 Å². The van der Waals surface area contributed by atoms with Gasteiger partial charge in [-0.15, -0.1) is 0 Å². The minimum atomic E-state index is -0.992. The summed E-state index contributed by atoms with van der Waals surface area (Å²) >= 11 is 3.44. The second-order valence-electron chi connectivity index (χ2n) is 7.27. The summed E-state index contributed by atoms with van der Waals surface area (Å²) in [6, 6.07) is 15.0. The topological polar surface area (TPSA) is 132 Å². The summed E-state index contributed by atoms with van der Waals surface area (Å²) in [7, 11) is 0. The lowest BCUT2D eigenvalue weighted by atomic mass is 10.2. The van der Waals surface area contributed by atoms with Gasteiger partial charge in [0.25, 0.3) is 0 Å². The standard InChI is InChI=1S/C25H22BrFN4O5/c1-2-35-21-12-16(11-20(26)22(21)36-14-15-3-7-18(27)8-4-15)13-29-31-25(34)24(33)30-19-9-5-17(6-10-19)23(28)32/h3-13H,2,14H2,1H3,(H2,28,32)(H,30,33)(H,31,34)/b29-13+. The maximum atomic E-state index is 13.1. The van der Waals surface area contributed by atoms with Crippen molar-refractivity contribution in [1.29, 1.82) is 0 Å². The molecule has 0 unspecified atom stereocenters. The lowest BCUT2D eigenvalue weighted by Crippen LogP contribution is -2.32. The lowest BCUT2D eigenvalue weighted by Gasteiger charge is -2.14. The Hall–Kier alpha value is -4.25. The van der Waals surface area contributed by atoms with Gasteiger partial charge in [-0.2, -0.15) is 5.10 Å².